The van der Waals surface area contributed by atoms with Gasteiger partial charge in [-0.25, -0.2) is 9.48 Å². The number of tetrazole rings is 1. The first-order valence-corrected chi connectivity index (χ1v) is 9.03. The molecule has 3 N–H and O–H groups in total. The van der Waals surface area contributed by atoms with Crippen molar-refractivity contribution in [1.82, 2.24) is 25.5 Å². The van der Waals surface area contributed by atoms with Crippen LogP contribution in [0.15, 0.2) is 54.9 Å². The van der Waals surface area contributed by atoms with Gasteiger partial charge in [0.05, 0.1) is 12.3 Å². The van der Waals surface area contributed by atoms with E-state index in [0.717, 1.165) is 16.8 Å². The number of aryl methyl sites for hydroxylation is 1. The van der Waals surface area contributed by atoms with Crippen LogP contribution in [0.1, 0.15) is 18.1 Å². The van der Waals surface area contributed by atoms with E-state index in [1.165, 1.54) is 11.0 Å². The molecule has 2 amide bonds. The number of hydrogen-bond acceptors (Lipinski definition) is 5. The first-order valence-electron chi connectivity index (χ1n) is 9.03. The number of amides is 2. The van der Waals surface area contributed by atoms with Gasteiger partial charge in [0.2, 0.25) is 0 Å². The molecule has 0 aliphatic rings. The first-order chi connectivity index (χ1) is 13.5. The van der Waals surface area contributed by atoms with E-state index >= 15 is 0 Å². The second-order valence-electron chi connectivity index (χ2n) is 7.19. The van der Waals surface area contributed by atoms with Gasteiger partial charge in [-0.1, -0.05) is 43.3 Å². The lowest BCUT2D eigenvalue weighted by Gasteiger charge is -2.28. The minimum atomic E-state index is -0.456. The number of nitrogens with zero attached hydrogens (tertiary/aromatic N) is 4. The Hall–Kier alpha value is -3.26. The van der Waals surface area contributed by atoms with Crippen molar-refractivity contribution in [3.63, 3.8) is 0 Å². The van der Waals surface area contributed by atoms with Gasteiger partial charge in [-0.3, -0.25) is 0 Å². The normalized spacial score (nSPS) is 13.0. The molecule has 0 unspecified atom stereocenters. The molecular weight excluding hydrogens is 356 g/mol. The van der Waals surface area contributed by atoms with Crippen LogP contribution in [0.25, 0.3) is 5.69 Å². The van der Waals surface area contributed by atoms with E-state index in [4.69, 9.17) is 0 Å². The average molecular weight is 380 g/mol. The molecule has 3 aromatic rings. The Labute approximate surface area is 163 Å². The molecular formula is C20H24N6O2. The topological polar surface area (TPSA) is 105 Å². The minimum absolute atomic E-state index is 0.0318. The molecule has 0 spiro atoms. The number of anilines is 1. The average Bonchev–Trinajstić information content (AvgIpc) is 3.24. The number of aliphatic hydroxyl groups is 1. The number of nitrogens with one attached hydrogen (secondary N) is 2. The maximum absolute atomic E-state index is 12.4. The van der Waals surface area contributed by atoms with Gasteiger partial charge in [0.25, 0.3) is 0 Å². The zero-order valence-electron chi connectivity index (χ0n) is 16.0. The van der Waals surface area contributed by atoms with Gasteiger partial charge in [-0.05, 0) is 47.0 Å². The molecule has 0 saturated carbocycles. The number of carbonyl (C=O) groups excluding carboxylic acids is 1. The summed E-state index contributed by atoms with van der Waals surface area (Å²) in [6, 6.07) is 15.2. The van der Waals surface area contributed by atoms with Gasteiger partial charge in [0, 0.05) is 17.6 Å². The number of hydrogen-bond donors (Lipinski definition) is 3. The monoisotopic (exact) mass is 380 g/mol. The third-order valence-electron chi connectivity index (χ3n) is 4.61. The first kappa shape index (κ1) is 19.5. The van der Waals surface area contributed by atoms with Gasteiger partial charge in [0.15, 0.2) is 0 Å². The second-order valence-corrected chi connectivity index (χ2v) is 7.19. The summed E-state index contributed by atoms with van der Waals surface area (Å²) in [5, 5.41) is 26.7. The Balaban J connectivity index is 1.63. The lowest BCUT2D eigenvalue weighted by Crippen LogP contribution is -2.41. The predicted octanol–water partition coefficient (Wildman–Crippen LogP) is 2.33. The van der Waals surface area contributed by atoms with Gasteiger partial charge in [0.1, 0.15) is 6.33 Å². The second kappa shape index (κ2) is 8.62. The molecule has 0 bridgehead atoms. The molecule has 0 radical (unpaired) electrons. The Kier molecular flexibility index (Phi) is 6.00. The van der Waals surface area contributed by atoms with Gasteiger partial charge in [-0.15, -0.1) is 5.10 Å². The number of rotatable bonds is 7. The summed E-state index contributed by atoms with van der Waals surface area (Å²) in [5.41, 5.74) is 2.99. The van der Waals surface area contributed by atoms with Gasteiger partial charge in [-0.2, -0.15) is 0 Å². The van der Waals surface area contributed by atoms with Crippen LogP contribution in [-0.4, -0.2) is 44.5 Å². The number of urea groups is 1. The maximum Gasteiger partial charge on any atom is 0.319 e. The summed E-state index contributed by atoms with van der Waals surface area (Å²) in [7, 11) is 0. The lowest BCUT2D eigenvalue weighted by atomic mass is 9.84. The lowest BCUT2D eigenvalue weighted by molar-refractivity contribution is 0.141. The Morgan fingerprint density at radius 2 is 2.00 bits per heavy atom. The van der Waals surface area contributed by atoms with E-state index < -0.39 is 5.41 Å². The quantitative estimate of drug-likeness (QED) is 0.583. The number of aliphatic hydroxyl groups excluding tert-OH is 1. The van der Waals surface area contributed by atoms with Gasteiger partial charge >= 0.3 is 6.03 Å². The van der Waals surface area contributed by atoms with Crippen LogP contribution < -0.4 is 10.6 Å². The van der Waals surface area contributed by atoms with E-state index in [1.807, 2.05) is 56.3 Å². The summed E-state index contributed by atoms with van der Waals surface area (Å²) in [6.07, 6.45) is 2.16. The van der Waals surface area contributed by atoms with Crippen molar-refractivity contribution < 1.29 is 9.90 Å². The summed E-state index contributed by atoms with van der Waals surface area (Å²) in [4.78, 5) is 12.4. The summed E-state index contributed by atoms with van der Waals surface area (Å²) >= 11 is 0. The Morgan fingerprint density at radius 3 is 2.68 bits per heavy atom. The Morgan fingerprint density at radius 1 is 1.21 bits per heavy atom. The van der Waals surface area contributed by atoms with E-state index in [2.05, 4.69) is 26.2 Å². The van der Waals surface area contributed by atoms with Crippen LogP contribution in [0.3, 0.4) is 0 Å². The van der Waals surface area contributed by atoms with E-state index in [1.54, 1.807) is 6.07 Å². The van der Waals surface area contributed by atoms with Crippen LogP contribution in [0, 0.1) is 12.3 Å². The maximum atomic E-state index is 12.4. The van der Waals surface area contributed by atoms with E-state index in [9.17, 15) is 9.90 Å². The molecule has 2 aromatic carbocycles. The van der Waals surface area contributed by atoms with E-state index in [0.29, 0.717) is 18.7 Å². The molecule has 3 rings (SSSR count). The van der Waals surface area contributed by atoms with Crippen LogP contribution in [0.2, 0.25) is 0 Å². The smallest absolute Gasteiger partial charge is 0.319 e. The highest BCUT2D eigenvalue weighted by molar-refractivity contribution is 5.90. The molecule has 1 heterocycles. The molecule has 8 heteroatoms. The third kappa shape index (κ3) is 4.92. The molecule has 0 fully saturated rings. The highest BCUT2D eigenvalue weighted by Gasteiger charge is 2.24. The molecule has 8 nitrogen and oxygen atoms in total. The third-order valence-corrected chi connectivity index (χ3v) is 4.61. The van der Waals surface area contributed by atoms with Crippen molar-refractivity contribution in [1.29, 1.82) is 0 Å². The zero-order chi connectivity index (χ0) is 20.0. The Bertz CT molecular complexity index is 914. The molecule has 146 valence electrons. The molecule has 0 saturated heterocycles. The summed E-state index contributed by atoms with van der Waals surface area (Å²) < 4.78 is 1.52. The highest BCUT2D eigenvalue weighted by Crippen LogP contribution is 2.22. The van der Waals surface area contributed by atoms with Crippen molar-refractivity contribution in [2.45, 2.75) is 20.3 Å². The van der Waals surface area contributed by atoms with E-state index in [-0.39, 0.29) is 12.6 Å². The number of aromatic nitrogens is 4. The van der Waals surface area contributed by atoms with Crippen LogP contribution in [0.5, 0.6) is 0 Å². The zero-order valence-corrected chi connectivity index (χ0v) is 16.0. The molecule has 0 aliphatic carbocycles. The van der Waals surface area contributed by atoms with Crippen molar-refractivity contribution >= 4 is 11.7 Å². The van der Waals surface area contributed by atoms with Crippen LogP contribution >= 0.6 is 0 Å². The fourth-order valence-electron chi connectivity index (χ4n) is 2.89. The standard InChI is InChI=1S/C20H24N6O2/c1-15-8-9-17(26-14-22-24-25-26)10-18(15)23-19(28)21-12-20(2,13-27)11-16-6-4-3-5-7-16/h3-10,14,27H,11-13H2,1-2H3,(H2,21,23,28)/t20-/m0/s1. The van der Waals surface area contributed by atoms with Gasteiger partial charge < -0.3 is 15.7 Å². The number of carbonyl (C=O) groups is 1. The highest BCUT2D eigenvalue weighted by atomic mass is 16.3. The SMILES string of the molecule is Cc1ccc(-n2cnnn2)cc1NC(=O)NC[C@@](C)(CO)Cc1ccccc1. The molecule has 28 heavy (non-hydrogen) atoms. The largest absolute Gasteiger partial charge is 0.396 e. The number of benzene rings is 2. The molecule has 0 aliphatic heterocycles. The fraction of sp³-hybridized carbons (Fsp3) is 0.300. The summed E-state index contributed by atoms with van der Waals surface area (Å²) in [5.74, 6) is 0. The molecule has 1 aromatic heterocycles. The van der Waals surface area contributed by atoms with Crippen molar-refractivity contribution in [2.24, 2.45) is 5.41 Å². The predicted molar refractivity (Wildman–Crippen MR) is 106 cm³/mol. The van der Waals surface area contributed by atoms with Crippen molar-refractivity contribution in [3.8, 4) is 5.69 Å². The van der Waals surface area contributed by atoms with Crippen LogP contribution in [0.4, 0.5) is 10.5 Å². The van der Waals surface area contributed by atoms with Crippen molar-refractivity contribution in [3.05, 3.63) is 66.0 Å². The minimum Gasteiger partial charge on any atom is -0.396 e. The van der Waals surface area contributed by atoms with Crippen molar-refractivity contribution in [2.75, 3.05) is 18.5 Å². The molecule has 1 atom stereocenters. The van der Waals surface area contributed by atoms with Crippen LogP contribution in [-0.2, 0) is 6.42 Å². The fourth-order valence-corrected chi connectivity index (χ4v) is 2.89. The summed E-state index contributed by atoms with van der Waals surface area (Å²) in [6.45, 7) is 4.17.